The van der Waals surface area contributed by atoms with E-state index in [0.717, 1.165) is 19.5 Å². The summed E-state index contributed by atoms with van der Waals surface area (Å²) in [5.41, 5.74) is 1.29. The third-order valence-corrected chi connectivity index (χ3v) is 4.35. The fourth-order valence-corrected chi connectivity index (χ4v) is 3.38. The summed E-state index contributed by atoms with van der Waals surface area (Å²) in [5, 5.41) is 4.73. The molecule has 4 heteroatoms. The molecule has 3 nitrogen and oxygen atoms in total. The molecule has 17 heavy (non-hydrogen) atoms. The van der Waals surface area contributed by atoms with Crippen LogP contribution >= 0.6 is 11.3 Å². The van der Waals surface area contributed by atoms with Crippen molar-refractivity contribution >= 4 is 16.5 Å². The quantitative estimate of drug-likeness (QED) is 0.790. The number of nitrogens with zero attached hydrogens (tertiary/aromatic N) is 2. The van der Waals surface area contributed by atoms with Crippen LogP contribution in [0, 0.1) is 0 Å². The first kappa shape index (κ1) is 12.8. The number of aromatic nitrogens is 1. The second-order valence-corrected chi connectivity index (χ2v) is 5.65. The number of hydrogen-bond acceptors (Lipinski definition) is 4. The minimum atomic E-state index is 0.989. The van der Waals surface area contributed by atoms with Crippen molar-refractivity contribution in [3.05, 3.63) is 10.6 Å². The molecule has 1 aliphatic heterocycles. The Bertz CT molecular complexity index is 342. The molecule has 0 aromatic carbocycles. The minimum Gasteiger partial charge on any atom is -0.348 e. The van der Waals surface area contributed by atoms with E-state index in [9.17, 15) is 0 Å². The van der Waals surface area contributed by atoms with E-state index in [1.165, 1.54) is 48.1 Å². The molecule has 2 rings (SSSR count). The number of nitrogens with one attached hydrogen (secondary N) is 1. The Morgan fingerprint density at radius 1 is 1.29 bits per heavy atom. The Morgan fingerprint density at radius 3 is 2.71 bits per heavy atom. The highest BCUT2D eigenvalue weighted by molar-refractivity contribution is 7.15. The number of rotatable bonds is 6. The molecule has 2 heterocycles. The van der Waals surface area contributed by atoms with E-state index in [4.69, 9.17) is 4.98 Å². The van der Waals surface area contributed by atoms with E-state index < -0.39 is 0 Å². The lowest BCUT2D eigenvalue weighted by Crippen LogP contribution is -2.17. The van der Waals surface area contributed by atoms with Gasteiger partial charge in [-0.05, 0) is 32.2 Å². The van der Waals surface area contributed by atoms with Gasteiger partial charge in [0.15, 0.2) is 5.13 Å². The molecular weight excluding hydrogens is 230 g/mol. The van der Waals surface area contributed by atoms with Crippen LogP contribution in [0.15, 0.2) is 0 Å². The molecule has 0 amide bonds. The summed E-state index contributed by atoms with van der Waals surface area (Å²) >= 11 is 1.88. The Labute approximate surface area is 108 Å². The second kappa shape index (κ2) is 6.36. The molecule has 0 bridgehead atoms. The zero-order chi connectivity index (χ0) is 12.1. The minimum absolute atomic E-state index is 0.989. The van der Waals surface area contributed by atoms with Gasteiger partial charge < -0.3 is 10.2 Å². The molecule has 1 saturated heterocycles. The van der Waals surface area contributed by atoms with Crippen molar-refractivity contribution in [2.75, 3.05) is 24.5 Å². The Balaban J connectivity index is 2.03. The van der Waals surface area contributed by atoms with Crippen LogP contribution in [0.4, 0.5) is 5.13 Å². The maximum absolute atomic E-state index is 4.79. The van der Waals surface area contributed by atoms with Crippen molar-refractivity contribution in [2.45, 2.75) is 46.1 Å². The van der Waals surface area contributed by atoms with Gasteiger partial charge in [0.05, 0.1) is 5.69 Å². The molecular formula is C13H23N3S. The zero-order valence-corrected chi connectivity index (χ0v) is 11.8. The van der Waals surface area contributed by atoms with E-state index in [1.807, 2.05) is 11.3 Å². The topological polar surface area (TPSA) is 28.2 Å². The maximum atomic E-state index is 4.79. The molecule has 0 atom stereocenters. The fourth-order valence-electron chi connectivity index (χ4n) is 2.21. The van der Waals surface area contributed by atoms with Gasteiger partial charge in [0.2, 0.25) is 0 Å². The average Bonchev–Trinajstić information content (AvgIpc) is 2.97. The lowest BCUT2D eigenvalue weighted by molar-refractivity contribution is 0.676. The smallest absolute Gasteiger partial charge is 0.185 e. The van der Waals surface area contributed by atoms with Crippen molar-refractivity contribution in [3.8, 4) is 0 Å². The molecule has 0 radical (unpaired) electrons. The molecule has 0 saturated carbocycles. The molecule has 1 N–H and O–H groups in total. The molecule has 1 aromatic rings. The molecule has 0 spiro atoms. The van der Waals surface area contributed by atoms with Crippen molar-refractivity contribution in [2.24, 2.45) is 0 Å². The summed E-state index contributed by atoms with van der Waals surface area (Å²) in [6.07, 6.45) is 4.89. The summed E-state index contributed by atoms with van der Waals surface area (Å²) in [4.78, 5) is 8.66. The number of anilines is 1. The monoisotopic (exact) mass is 253 g/mol. The highest BCUT2D eigenvalue weighted by atomic mass is 32.1. The zero-order valence-electron chi connectivity index (χ0n) is 11.0. The van der Waals surface area contributed by atoms with Crippen LogP contribution < -0.4 is 10.2 Å². The number of thiazole rings is 1. The third kappa shape index (κ3) is 3.19. The van der Waals surface area contributed by atoms with E-state index in [-0.39, 0.29) is 0 Å². The second-order valence-electron chi connectivity index (χ2n) is 4.59. The number of aryl methyl sites for hydroxylation is 1. The van der Waals surface area contributed by atoms with Gasteiger partial charge in [-0.25, -0.2) is 4.98 Å². The van der Waals surface area contributed by atoms with E-state index >= 15 is 0 Å². The third-order valence-electron chi connectivity index (χ3n) is 3.19. The standard InChI is InChI=1S/C13H23N3S/c1-3-7-14-10-12-11(4-2)15-13(17-12)16-8-5-6-9-16/h14H,3-10H2,1-2H3. The van der Waals surface area contributed by atoms with E-state index in [2.05, 4.69) is 24.1 Å². The molecule has 1 aliphatic rings. The van der Waals surface area contributed by atoms with Crippen molar-refractivity contribution < 1.29 is 0 Å². The Kier molecular flexibility index (Phi) is 4.80. The molecule has 96 valence electrons. The van der Waals surface area contributed by atoms with E-state index in [0.29, 0.717) is 0 Å². The summed E-state index contributed by atoms with van der Waals surface area (Å²) < 4.78 is 0. The van der Waals surface area contributed by atoms with Gasteiger partial charge in [-0.15, -0.1) is 11.3 Å². The maximum Gasteiger partial charge on any atom is 0.185 e. The van der Waals surface area contributed by atoms with Gasteiger partial charge >= 0.3 is 0 Å². The normalized spacial score (nSPS) is 15.8. The Hall–Kier alpha value is -0.610. The molecule has 1 aromatic heterocycles. The van der Waals surface area contributed by atoms with Gasteiger partial charge in [0.25, 0.3) is 0 Å². The molecule has 0 unspecified atom stereocenters. The summed E-state index contributed by atoms with van der Waals surface area (Å²) in [5.74, 6) is 0. The van der Waals surface area contributed by atoms with Gasteiger partial charge in [-0.2, -0.15) is 0 Å². The van der Waals surface area contributed by atoms with Crippen LogP contribution in [-0.4, -0.2) is 24.6 Å². The summed E-state index contributed by atoms with van der Waals surface area (Å²) in [6.45, 7) is 8.88. The first-order valence-corrected chi connectivity index (χ1v) is 7.61. The predicted octanol–water partition coefficient (Wildman–Crippen LogP) is 2.81. The van der Waals surface area contributed by atoms with Crippen LogP contribution in [-0.2, 0) is 13.0 Å². The largest absolute Gasteiger partial charge is 0.348 e. The van der Waals surface area contributed by atoms with Crippen LogP contribution in [0.1, 0.15) is 43.7 Å². The predicted molar refractivity (Wildman–Crippen MR) is 74.9 cm³/mol. The van der Waals surface area contributed by atoms with E-state index in [1.54, 1.807) is 0 Å². The Morgan fingerprint density at radius 2 is 2.06 bits per heavy atom. The van der Waals surface area contributed by atoms with Crippen LogP contribution in [0.5, 0.6) is 0 Å². The molecule has 1 fully saturated rings. The van der Waals surface area contributed by atoms with Gasteiger partial charge in [0.1, 0.15) is 0 Å². The lowest BCUT2D eigenvalue weighted by atomic mass is 10.3. The van der Waals surface area contributed by atoms with Crippen molar-refractivity contribution in [3.63, 3.8) is 0 Å². The van der Waals surface area contributed by atoms with Crippen LogP contribution in [0.2, 0.25) is 0 Å². The summed E-state index contributed by atoms with van der Waals surface area (Å²) in [7, 11) is 0. The first-order valence-electron chi connectivity index (χ1n) is 6.79. The highest BCUT2D eigenvalue weighted by Gasteiger charge is 2.18. The van der Waals surface area contributed by atoms with Crippen molar-refractivity contribution in [1.29, 1.82) is 0 Å². The fraction of sp³-hybridized carbons (Fsp3) is 0.769. The van der Waals surface area contributed by atoms with Crippen LogP contribution in [0.3, 0.4) is 0 Å². The average molecular weight is 253 g/mol. The van der Waals surface area contributed by atoms with Gasteiger partial charge in [-0.1, -0.05) is 13.8 Å². The van der Waals surface area contributed by atoms with Gasteiger partial charge in [-0.3, -0.25) is 0 Å². The first-order chi connectivity index (χ1) is 8.35. The summed E-state index contributed by atoms with van der Waals surface area (Å²) in [6, 6.07) is 0. The lowest BCUT2D eigenvalue weighted by Gasteiger charge is -2.12. The van der Waals surface area contributed by atoms with Crippen molar-refractivity contribution in [1.82, 2.24) is 10.3 Å². The van der Waals surface area contributed by atoms with Crippen LogP contribution in [0.25, 0.3) is 0 Å². The SMILES string of the molecule is CCCNCc1sc(N2CCCC2)nc1CC. The highest BCUT2D eigenvalue weighted by Crippen LogP contribution is 2.29. The van der Waals surface area contributed by atoms with Gasteiger partial charge in [0, 0.05) is 24.5 Å². The number of hydrogen-bond donors (Lipinski definition) is 1. The molecule has 0 aliphatic carbocycles.